The van der Waals surface area contributed by atoms with Crippen LogP contribution in [0.15, 0.2) is 66.9 Å². The average molecular weight is 351 g/mol. The summed E-state index contributed by atoms with van der Waals surface area (Å²) in [6, 6.07) is 15.0. The van der Waals surface area contributed by atoms with Crippen LogP contribution < -0.4 is 10.1 Å². The Morgan fingerprint density at radius 2 is 1.77 bits per heavy atom. The molecule has 0 radical (unpaired) electrons. The molecule has 0 spiro atoms. The minimum Gasteiger partial charge on any atom is -0.457 e. The van der Waals surface area contributed by atoms with Gasteiger partial charge in [0.1, 0.15) is 17.3 Å². The molecule has 0 atom stereocenters. The van der Waals surface area contributed by atoms with Crippen molar-refractivity contribution in [3.63, 3.8) is 0 Å². The molecular formula is C20H18FN3O2. The van der Waals surface area contributed by atoms with Crippen LogP contribution in [0.4, 0.5) is 4.39 Å². The molecule has 26 heavy (non-hydrogen) atoms. The zero-order valence-electron chi connectivity index (χ0n) is 14.2. The van der Waals surface area contributed by atoms with Gasteiger partial charge in [-0.3, -0.25) is 9.48 Å². The summed E-state index contributed by atoms with van der Waals surface area (Å²) in [5, 5.41) is 6.85. The van der Waals surface area contributed by atoms with E-state index in [1.54, 1.807) is 41.2 Å². The minimum atomic E-state index is -0.305. The molecule has 1 heterocycles. The van der Waals surface area contributed by atoms with Gasteiger partial charge in [0, 0.05) is 25.9 Å². The summed E-state index contributed by atoms with van der Waals surface area (Å²) in [6.45, 7) is 0.408. The van der Waals surface area contributed by atoms with Gasteiger partial charge in [-0.05, 0) is 54.1 Å². The molecular weight excluding hydrogens is 333 g/mol. The number of nitrogens with one attached hydrogen (secondary N) is 1. The summed E-state index contributed by atoms with van der Waals surface area (Å²) in [5.41, 5.74) is 1.79. The van der Waals surface area contributed by atoms with E-state index in [4.69, 9.17) is 4.74 Å². The van der Waals surface area contributed by atoms with Crippen LogP contribution in [0.5, 0.6) is 11.5 Å². The van der Waals surface area contributed by atoms with Crippen molar-refractivity contribution in [2.75, 3.05) is 0 Å². The second kappa shape index (κ2) is 8.11. The van der Waals surface area contributed by atoms with Gasteiger partial charge in [0.25, 0.3) is 0 Å². The molecule has 1 aromatic heterocycles. The molecule has 0 aliphatic carbocycles. The van der Waals surface area contributed by atoms with Crippen molar-refractivity contribution in [3.05, 3.63) is 83.9 Å². The maximum atomic E-state index is 12.9. The van der Waals surface area contributed by atoms with Gasteiger partial charge in [0.2, 0.25) is 5.91 Å². The first kappa shape index (κ1) is 17.4. The van der Waals surface area contributed by atoms with E-state index in [0.29, 0.717) is 18.0 Å². The maximum Gasteiger partial charge on any atom is 0.244 e. The average Bonchev–Trinajstić information content (AvgIpc) is 3.06. The standard InChI is InChI=1S/C20H18FN3O2/c1-24-17(12-13-23-24)6-11-20(25)22-14-15-2-7-18(8-3-15)26-19-9-4-16(21)5-10-19/h2-13H,14H2,1H3,(H,22,25). The largest absolute Gasteiger partial charge is 0.457 e. The van der Waals surface area contributed by atoms with E-state index < -0.39 is 0 Å². The number of ether oxygens (including phenoxy) is 1. The highest BCUT2D eigenvalue weighted by Gasteiger charge is 2.01. The summed E-state index contributed by atoms with van der Waals surface area (Å²) >= 11 is 0. The lowest BCUT2D eigenvalue weighted by Crippen LogP contribution is -2.20. The lowest BCUT2D eigenvalue weighted by Gasteiger charge is -2.07. The zero-order valence-corrected chi connectivity index (χ0v) is 14.2. The number of carbonyl (C=O) groups is 1. The predicted molar refractivity (Wildman–Crippen MR) is 97.0 cm³/mol. The number of hydrogen-bond acceptors (Lipinski definition) is 3. The number of benzene rings is 2. The maximum absolute atomic E-state index is 12.9. The number of nitrogens with zero attached hydrogens (tertiary/aromatic N) is 2. The van der Waals surface area contributed by atoms with Crippen LogP contribution in [-0.2, 0) is 18.4 Å². The Morgan fingerprint density at radius 3 is 2.38 bits per heavy atom. The molecule has 0 fully saturated rings. The topological polar surface area (TPSA) is 56.2 Å². The Kier molecular flexibility index (Phi) is 5.43. The highest BCUT2D eigenvalue weighted by atomic mass is 19.1. The van der Waals surface area contributed by atoms with E-state index >= 15 is 0 Å². The summed E-state index contributed by atoms with van der Waals surface area (Å²) < 4.78 is 20.2. The Balaban J connectivity index is 1.51. The molecule has 0 saturated heterocycles. The van der Waals surface area contributed by atoms with Crippen molar-refractivity contribution < 1.29 is 13.9 Å². The second-order valence-electron chi connectivity index (χ2n) is 5.63. The van der Waals surface area contributed by atoms with Crippen LogP contribution in [0.2, 0.25) is 0 Å². The number of aromatic nitrogens is 2. The molecule has 6 heteroatoms. The number of carbonyl (C=O) groups excluding carboxylic acids is 1. The first-order chi connectivity index (χ1) is 12.6. The minimum absolute atomic E-state index is 0.183. The SMILES string of the molecule is Cn1nccc1C=CC(=O)NCc1ccc(Oc2ccc(F)cc2)cc1. The Morgan fingerprint density at radius 1 is 1.12 bits per heavy atom. The van der Waals surface area contributed by atoms with Gasteiger partial charge in [0.05, 0.1) is 5.69 Å². The van der Waals surface area contributed by atoms with Crippen LogP contribution in [0.3, 0.4) is 0 Å². The highest BCUT2D eigenvalue weighted by Crippen LogP contribution is 2.21. The second-order valence-corrected chi connectivity index (χ2v) is 5.63. The van der Waals surface area contributed by atoms with Gasteiger partial charge < -0.3 is 10.1 Å². The van der Waals surface area contributed by atoms with Crippen molar-refractivity contribution >= 4 is 12.0 Å². The summed E-state index contributed by atoms with van der Waals surface area (Å²) in [7, 11) is 1.81. The Hall–Kier alpha value is -3.41. The molecule has 2 aromatic carbocycles. The molecule has 5 nitrogen and oxygen atoms in total. The summed E-state index contributed by atoms with van der Waals surface area (Å²) in [6.07, 6.45) is 4.86. The molecule has 132 valence electrons. The number of rotatable bonds is 6. The number of aryl methyl sites for hydroxylation is 1. The van der Waals surface area contributed by atoms with Crippen LogP contribution in [-0.4, -0.2) is 15.7 Å². The summed E-state index contributed by atoms with van der Waals surface area (Å²) in [5.74, 6) is 0.717. The monoisotopic (exact) mass is 351 g/mol. The van der Waals surface area contributed by atoms with Crippen LogP contribution in [0.25, 0.3) is 6.08 Å². The molecule has 0 aliphatic heterocycles. The van der Waals surface area contributed by atoms with Gasteiger partial charge in [-0.15, -0.1) is 0 Å². The highest BCUT2D eigenvalue weighted by molar-refractivity contribution is 5.91. The lowest BCUT2D eigenvalue weighted by atomic mass is 10.2. The zero-order chi connectivity index (χ0) is 18.4. The Bertz CT molecular complexity index is 900. The molecule has 0 aliphatic rings. The molecule has 3 aromatic rings. The third-order valence-corrected chi connectivity index (χ3v) is 3.70. The fourth-order valence-electron chi connectivity index (χ4n) is 2.27. The van der Waals surface area contributed by atoms with E-state index in [1.165, 1.54) is 18.2 Å². The van der Waals surface area contributed by atoms with Crippen LogP contribution in [0, 0.1) is 5.82 Å². The van der Waals surface area contributed by atoms with Crippen molar-refractivity contribution in [1.82, 2.24) is 15.1 Å². The van der Waals surface area contributed by atoms with Crippen molar-refractivity contribution in [2.45, 2.75) is 6.54 Å². The molecule has 0 saturated carbocycles. The van der Waals surface area contributed by atoms with Gasteiger partial charge in [-0.25, -0.2) is 4.39 Å². The van der Waals surface area contributed by atoms with E-state index in [-0.39, 0.29) is 11.7 Å². The van der Waals surface area contributed by atoms with Gasteiger partial charge in [0.15, 0.2) is 0 Å². The number of amides is 1. The summed E-state index contributed by atoms with van der Waals surface area (Å²) in [4.78, 5) is 11.9. The Labute approximate surface area is 150 Å². The fourth-order valence-corrected chi connectivity index (χ4v) is 2.27. The van der Waals surface area contributed by atoms with E-state index in [9.17, 15) is 9.18 Å². The molecule has 3 rings (SSSR count). The first-order valence-corrected chi connectivity index (χ1v) is 8.06. The van der Waals surface area contributed by atoms with Crippen molar-refractivity contribution in [2.24, 2.45) is 7.05 Å². The smallest absolute Gasteiger partial charge is 0.244 e. The number of hydrogen-bond donors (Lipinski definition) is 1. The van der Waals surface area contributed by atoms with Gasteiger partial charge in [-0.1, -0.05) is 12.1 Å². The van der Waals surface area contributed by atoms with E-state index in [1.807, 2.05) is 25.2 Å². The third-order valence-electron chi connectivity index (χ3n) is 3.70. The third kappa shape index (κ3) is 4.80. The van der Waals surface area contributed by atoms with Crippen molar-refractivity contribution in [1.29, 1.82) is 0 Å². The van der Waals surface area contributed by atoms with Gasteiger partial charge in [-0.2, -0.15) is 5.10 Å². The first-order valence-electron chi connectivity index (χ1n) is 8.06. The van der Waals surface area contributed by atoms with Crippen LogP contribution in [0.1, 0.15) is 11.3 Å². The fraction of sp³-hybridized carbons (Fsp3) is 0.100. The lowest BCUT2D eigenvalue weighted by molar-refractivity contribution is -0.116. The van der Waals surface area contributed by atoms with E-state index in [2.05, 4.69) is 10.4 Å². The molecule has 0 unspecified atom stereocenters. The van der Waals surface area contributed by atoms with Gasteiger partial charge >= 0.3 is 0 Å². The van der Waals surface area contributed by atoms with Crippen LogP contribution >= 0.6 is 0 Å². The quantitative estimate of drug-likeness (QED) is 0.689. The molecule has 1 amide bonds. The molecule has 0 bridgehead atoms. The van der Waals surface area contributed by atoms with Crippen molar-refractivity contribution in [3.8, 4) is 11.5 Å². The number of halogens is 1. The predicted octanol–water partition coefficient (Wildman–Crippen LogP) is 3.68. The molecule has 1 N–H and O–H groups in total. The van der Waals surface area contributed by atoms with E-state index in [0.717, 1.165) is 11.3 Å². The normalized spacial score (nSPS) is 10.8.